The highest BCUT2D eigenvalue weighted by atomic mass is 16.7. The normalized spacial score (nSPS) is 15.1. The van der Waals surface area contributed by atoms with Crippen molar-refractivity contribution >= 4 is 5.97 Å². The molecule has 78 valence electrons. The lowest BCUT2D eigenvalue weighted by molar-refractivity contribution is -0.184. The Labute approximate surface area is 79.2 Å². The van der Waals surface area contributed by atoms with E-state index in [1.165, 1.54) is 0 Å². The number of carbonyl (C=O) groups excluding carboxylic acids is 1. The molecule has 13 heavy (non-hydrogen) atoms. The van der Waals surface area contributed by atoms with Gasteiger partial charge >= 0.3 is 5.97 Å². The van der Waals surface area contributed by atoms with Gasteiger partial charge in [-0.15, -0.1) is 0 Å². The lowest BCUT2D eigenvalue weighted by Gasteiger charge is -2.17. The molecule has 0 aromatic rings. The Morgan fingerprint density at radius 2 is 1.85 bits per heavy atom. The molecule has 0 aliphatic rings. The van der Waals surface area contributed by atoms with Crippen LogP contribution in [0.2, 0.25) is 0 Å². The lowest BCUT2D eigenvalue weighted by atomic mass is 10.4. The molecule has 0 saturated carbocycles. The molecule has 0 fully saturated rings. The van der Waals surface area contributed by atoms with E-state index in [4.69, 9.17) is 14.2 Å². The van der Waals surface area contributed by atoms with Crippen LogP contribution in [0, 0.1) is 0 Å². The summed E-state index contributed by atoms with van der Waals surface area (Å²) in [6, 6.07) is 0. The van der Waals surface area contributed by atoms with Crippen LogP contribution in [-0.2, 0) is 19.0 Å². The van der Waals surface area contributed by atoms with Gasteiger partial charge in [0, 0.05) is 6.61 Å². The van der Waals surface area contributed by atoms with Gasteiger partial charge in [-0.2, -0.15) is 0 Å². The molecule has 0 saturated heterocycles. The number of hydrogen-bond donors (Lipinski definition) is 0. The van der Waals surface area contributed by atoms with Crippen molar-refractivity contribution in [2.24, 2.45) is 0 Å². The Balaban J connectivity index is 3.71. The quantitative estimate of drug-likeness (QED) is 0.468. The van der Waals surface area contributed by atoms with Crippen molar-refractivity contribution in [3.05, 3.63) is 0 Å². The average Bonchev–Trinajstić information content (AvgIpc) is 2.05. The maximum Gasteiger partial charge on any atom is 0.335 e. The second kappa shape index (κ2) is 6.86. The second-order valence-corrected chi connectivity index (χ2v) is 2.55. The summed E-state index contributed by atoms with van der Waals surface area (Å²) < 4.78 is 15.1. The van der Waals surface area contributed by atoms with Gasteiger partial charge in [0.15, 0.2) is 12.4 Å². The summed E-state index contributed by atoms with van der Waals surface area (Å²) in [5.74, 6) is -0.353. The standard InChI is InChI=1S/C9H18O4/c1-5-11-8(4)13-7(3)9(10)12-6-2/h7-8H,5-6H2,1-4H3/t7-,8+/m0/s1. The van der Waals surface area contributed by atoms with Gasteiger partial charge in [0.05, 0.1) is 6.61 Å². The van der Waals surface area contributed by atoms with E-state index in [2.05, 4.69) is 0 Å². The summed E-state index contributed by atoms with van der Waals surface area (Å²) in [6.07, 6.45) is -0.939. The minimum Gasteiger partial charge on any atom is -0.464 e. The topological polar surface area (TPSA) is 44.8 Å². The third kappa shape index (κ3) is 5.60. The van der Waals surface area contributed by atoms with Crippen molar-refractivity contribution in [2.75, 3.05) is 13.2 Å². The molecule has 0 radical (unpaired) electrons. The van der Waals surface area contributed by atoms with E-state index in [0.717, 1.165) is 0 Å². The van der Waals surface area contributed by atoms with Crippen LogP contribution in [0.5, 0.6) is 0 Å². The zero-order valence-corrected chi connectivity index (χ0v) is 8.70. The van der Waals surface area contributed by atoms with Gasteiger partial charge in [0.1, 0.15) is 0 Å². The number of carbonyl (C=O) groups is 1. The average molecular weight is 190 g/mol. The minimum atomic E-state index is -0.568. The van der Waals surface area contributed by atoms with E-state index in [1.807, 2.05) is 6.92 Å². The van der Waals surface area contributed by atoms with Crippen LogP contribution < -0.4 is 0 Å². The van der Waals surface area contributed by atoms with Crippen molar-refractivity contribution in [3.8, 4) is 0 Å². The van der Waals surface area contributed by atoms with Crippen LogP contribution in [0.15, 0.2) is 0 Å². The minimum absolute atomic E-state index is 0.353. The Bertz CT molecular complexity index is 147. The summed E-state index contributed by atoms with van der Waals surface area (Å²) in [5, 5.41) is 0. The Hall–Kier alpha value is -0.610. The molecule has 0 aliphatic heterocycles. The van der Waals surface area contributed by atoms with Gasteiger partial charge in [0.2, 0.25) is 0 Å². The largest absolute Gasteiger partial charge is 0.464 e. The fraction of sp³-hybridized carbons (Fsp3) is 0.889. The third-order valence-electron chi connectivity index (χ3n) is 1.42. The maximum absolute atomic E-state index is 11.1. The number of rotatable bonds is 6. The SMILES string of the molecule is CCOC(=O)[C@H](C)O[C@H](C)OCC. The van der Waals surface area contributed by atoms with Gasteiger partial charge in [-0.1, -0.05) is 0 Å². The predicted octanol–water partition coefficient (Wildman–Crippen LogP) is 1.34. The zero-order chi connectivity index (χ0) is 10.3. The van der Waals surface area contributed by atoms with Gasteiger partial charge in [-0.25, -0.2) is 4.79 Å². The molecule has 0 heterocycles. The first-order valence-electron chi connectivity index (χ1n) is 4.55. The van der Waals surface area contributed by atoms with Crippen LogP contribution in [0.4, 0.5) is 0 Å². The van der Waals surface area contributed by atoms with E-state index >= 15 is 0 Å². The first-order chi connectivity index (χ1) is 6.11. The highest BCUT2D eigenvalue weighted by molar-refractivity contribution is 5.74. The highest BCUT2D eigenvalue weighted by Crippen LogP contribution is 2.01. The molecule has 0 aromatic heterocycles. The molecular weight excluding hydrogens is 172 g/mol. The van der Waals surface area contributed by atoms with E-state index in [0.29, 0.717) is 13.2 Å². The second-order valence-electron chi connectivity index (χ2n) is 2.55. The number of hydrogen-bond acceptors (Lipinski definition) is 4. The van der Waals surface area contributed by atoms with Crippen LogP contribution in [0.3, 0.4) is 0 Å². The van der Waals surface area contributed by atoms with Crippen molar-refractivity contribution in [2.45, 2.75) is 40.1 Å². The molecule has 2 atom stereocenters. The predicted molar refractivity (Wildman–Crippen MR) is 48.3 cm³/mol. The zero-order valence-electron chi connectivity index (χ0n) is 8.70. The Morgan fingerprint density at radius 1 is 1.23 bits per heavy atom. The van der Waals surface area contributed by atoms with Crippen LogP contribution in [0.25, 0.3) is 0 Å². The molecule has 0 N–H and O–H groups in total. The maximum atomic E-state index is 11.1. The number of esters is 1. The van der Waals surface area contributed by atoms with Crippen molar-refractivity contribution in [1.29, 1.82) is 0 Å². The van der Waals surface area contributed by atoms with E-state index in [9.17, 15) is 4.79 Å². The van der Waals surface area contributed by atoms with Crippen molar-refractivity contribution < 1.29 is 19.0 Å². The first-order valence-corrected chi connectivity index (χ1v) is 4.55. The summed E-state index contributed by atoms with van der Waals surface area (Å²) in [5.41, 5.74) is 0. The Morgan fingerprint density at radius 3 is 2.31 bits per heavy atom. The molecule has 4 heteroatoms. The summed E-state index contributed by atoms with van der Waals surface area (Å²) >= 11 is 0. The van der Waals surface area contributed by atoms with Gasteiger partial charge < -0.3 is 14.2 Å². The van der Waals surface area contributed by atoms with Crippen LogP contribution in [-0.4, -0.2) is 31.6 Å². The Kier molecular flexibility index (Phi) is 6.54. The fourth-order valence-electron chi connectivity index (χ4n) is 0.877. The highest BCUT2D eigenvalue weighted by Gasteiger charge is 2.17. The molecule has 0 unspecified atom stereocenters. The van der Waals surface area contributed by atoms with Crippen LogP contribution >= 0.6 is 0 Å². The monoisotopic (exact) mass is 190 g/mol. The van der Waals surface area contributed by atoms with Gasteiger partial charge in [-0.05, 0) is 27.7 Å². The smallest absolute Gasteiger partial charge is 0.335 e. The molecular formula is C9H18O4. The lowest BCUT2D eigenvalue weighted by Crippen LogP contribution is -2.28. The van der Waals surface area contributed by atoms with E-state index in [1.54, 1.807) is 20.8 Å². The van der Waals surface area contributed by atoms with E-state index < -0.39 is 6.10 Å². The van der Waals surface area contributed by atoms with Crippen LogP contribution in [0.1, 0.15) is 27.7 Å². The van der Waals surface area contributed by atoms with Crippen molar-refractivity contribution in [3.63, 3.8) is 0 Å². The molecule has 4 nitrogen and oxygen atoms in total. The fourth-order valence-corrected chi connectivity index (χ4v) is 0.877. The van der Waals surface area contributed by atoms with Crippen molar-refractivity contribution in [1.82, 2.24) is 0 Å². The molecule has 0 rings (SSSR count). The van der Waals surface area contributed by atoms with Gasteiger partial charge in [0.25, 0.3) is 0 Å². The van der Waals surface area contributed by atoms with Gasteiger partial charge in [-0.3, -0.25) is 0 Å². The third-order valence-corrected chi connectivity index (χ3v) is 1.42. The molecule has 0 aliphatic carbocycles. The molecule has 0 amide bonds. The van der Waals surface area contributed by atoms with E-state index in [-0.39, 0.29) is 12.3 Å². The number of ether oxygens (including phenoxy) is 3. The molecule has 0 aromatic carbocycles. The molecule has 0 bridgehead atoms. The summed E-state index contributed by atoms with van der Waals surface area (Å²) in [7, 11) is 0. The summed E-state index contributed by atoms with van der Waals surface area (Å²) in [6.45, 7) is 7.96. The first kappa shape index (κ1) is 12.4. The summed E-state index contributed by atoms with van der Waals surface area (Å²) in [4.78, 5) is 11.1. The molecule has 0 spiro atoms.